The normalized spacial score (nSPS) is 15.1. The van der Waals surface area contributed by atoms with E-state index in [1.807, 2.05) is 30.3 Å². The number of fused-ring (bicyclic) bond motifs is 1. The number of phenolic OH excluding ortho intramolecular Hbond substituents is 2. The Morgan fingerprint density at radius 3 is 2.53 bits per heavy atom. The quantitative estimate of drug-likeness (QED) is 0.431. The zero-order valence-electron chi connectivity index (χ0n) is 17.1. The molecule has 166 valence electrons. The first-order chi connectivity index (χ1) is 15.4. The topological polar surface area (TPSA) is 82.0 Å². The largest absolute Gasteiger partial charge is 0.504 e. The second-order valence-corrected chi connectivity index (χ2v) is 8.36. The van der Waals surface area contributed by atoms with Crippen LogP contribution in [0.3, 0.4) is 0 Å². The van der Waals surface area contributed by atoms with Gasteiger partial charge in [-0.3, -0.25) is 4.90 Å². The molecule has 3 aromatic rings. The Hall–Kier alpha value is -2.93. The summed E-state index contributed by atoms with van der Waals surface area (Å²) in [5.41, 5.74) is 3.13. The van der Waals surface area contributed by atoms with Gasteiger partial charge in [0.1, 0.15) is 6.61 Å². The number of ether oxygens (including phenoxy) is 1. The fourth-order valence-corrected chi connectivity index (χ4v) is 4.04. The smallest absolute Gasteiger partial charge is 0.414 e. The van der Waals surface area contributed by atoms with E-state index >= 15 is 0 Å². The molecule has 0 aliphatic carbocycles. The molecule has 8 heteroatoms. The van der Waals surface area contributed by atoms with Gasteiger partial charge in [-0.15, -0.1) is 0 Å². The number of aromatic hydroxyl groups is 2. The van der Waals surface area contributed by atoms with Gasteiger partial charge in [-0.05, 0) is 60.0 Å². The zero-order valence-corrected chi connectivity index (χ0v) is 18.6. The van der Waals surface area contributed by atoms with Crippen LogP contribution < -0.4 is 10.2 Å². The SMILES string of the molecule is O=C(OCc1ccccc1)N(CC1NCCc2cc(O)c(O)cc21)c1ccc(Cl)c(Cl)c1. The molecule has 0 saturated carbocycles. The molecule has 3 N–H and O–H groups in total. The van der Waals surface area contributed by atoms with E-state index in [-0.39, 0.29) is 30.7 Å². The lowest BCUT2D eigenvalue weighted by atomic mass is 9.93. The van der Waals surface area contributed by atoms with Gasteiger partial charge in [-0.25, -0.2) is 4.79 Å². The first kappa shape index (κ1) is 22.3. The molecule has 1 heterocycles. The number of hydrogen-bond donors (Lipinski definition) is 3. The van der Waals surface area contributed by atoms with E-state index in [0.29, 0.717) is 28.7 Å². The maximum absolute atomic E-state index is 13.1. The molecule has 0 aromatic heterocycles. The first-order valence-electron chi connectivity index (χ1n) is 10.1. The van der Waals surface area contributed by atoms with Crippen LogP contribution in [0.1, 0.15) is 22.7 Å². The average Bonchev–Trinajstić information content (AvgIpc) is 2.79. The molecule has 6 nitrogen and oxygen atoms in total. The number of nitrogens with one attached hydrogen (secondary N) is 1. The van der Waals surface area contributed by atoms with Crippen molar-refractivity contribution >= 4 is 35.0 Å². The number of carbonyl (C=O) groups is 1. The summed E-state index contributed by atoms with van der Waals surface area (Å²) in [5.74, 6) is -0.363. The molecule has 0 bridgehead atoms. The van der Waals surface area contributed by atoms with Crippen LogP contribution in [0.2, 0.25) is 10.0 Å². The molecule has 1 aliphatic heterocycles. The van der Waals surface area contributed by atoms with Gasteiger partial charge in [-0.1, -0.05) is 53.5 Å². The second kappa shape index (κ2) is 9.69. The van der Waals surface area contributed by atoms with Crippen LogP contribution in [-0.4, -0.2) is 29.4 Å². The number of amides is 1. The fourth-order valence-electron chi connectivity index (χ4n) is 3.75. The van der Waals surface area contributed by atoms with Crippen LogP contribution >= 0.6 is 23.2 Å². The van der Waals surface area contributed by atoms with Crippen molar-refractivity contribution in [3.05, 3.63) is 87.4 Å². The number of rotatable bonds is 5. The van der Waals surface area contributed by atoms with Crippen LogP contribution in [0, 0.1) is 0 Å². The van der Waals surface area contributed by atoms with Gasteiger partial charge in [0.15, 0.2) is 11.5 Å². The molecular weight excluding hydrogens is 451 g/mol. The number of nitrogens with zero attached hydrogens (tertiary/aromatic N) is 1. The lowest BCUT2D eigenvalue weighted by Gasteiger charge is -2.32. The van der Waals surface area contributed by atoms with Crippen molar-refractivity contribution in [2.45, 2.75) is 19.1 Å². The third kappa shape index (κ3) is 4.93. The molecule has 0 spiro atoms. The number of hydrogen-bond acceptors (Lipinski definition) is 5. The average molecular weight is 473 g/mol. The summed E-state index contributed by atoms with van der Waals surface area (Å²) in [6.45, 7) is 1.01. The summed E-state index contributed by atoms with van der Waals surface area (Å²) < 4.78 is 5.58. The molecule has 0 saturated heterocycles. The fraction of sp³-hybridized carbons (Fsp3) is 0.208. The molecule has 3 aromatic carbocycles. The number of halogens is 2. The Bertz CT molecular complexity index is 1120. The highest BCUT2D eigenvalue weighted by atomic mass is 35.5. The lowest BCUT2D eigenvalue weighted by Crippen LogP contribution is -2.42. The maximum atomic E-state index is 13.1. The van der Waals surface area contributed by atoms with Crippen molar-refractivity contribution in [1.29, 1.82) is 0 Å². The molecule has 1 atom stereocenters. The Labute approximate surface area is 196 Å². The Morgan fingerprint density at radius 2 is 1.78 bits per heavy atom. The van der Waals surface area contributed by atoms with Gasteiger partial charge in [-0.2, -0.15) is 0 Å². The highest BCUT2D eigenvalue weighted by Gasteiger charge is 2.28. The minimum atomic E-state index is -0.538. The van der Waals surface area contributed by atoms with Gasteiger partial charge in [0.2, 0.25) is 0 Å². The van der Waals surface area contributed by atoms with Crippen molar-refractivity contribution in [3.63, 3.8) is 0 Å². The number of benzene rings is 3. The molecule has 1 unspecified atom stereocenters. The third-order valence-corrected chi connectivity index (χ3v) is 6.14. The minimum absolute atomic E-state index is 0.126. The second-order valence-electron chi connectivity index (χ2n) is 7.55. The predicted molar refractivity (Wildman–Crippen MR) is 125 cm³/mol. The van der Waals surface area contributed by atoms with Crippen molar-refractivity contribution in [2.24, 2.45) is 0 Å². The monoisotopic (exact) mass is 472 g/mol. The Kier molecular flexibility index (Phi) is 6.74. The zero-order chi connectivity index (χ0) is 22.7. The highest BCUT2D eigenvalue weighted by molar-refractivity contribution is 6.42. The van der Waals surface area contributed by atoms with Crippen LogP contribution in [-0.2, 0) is 17.8 Å². The molecule has 4 rings (SSSR count). The number of anilines is 1. The van der Waals surface area contributed by atoms with Gasteiger partial charge in [0.05, 0.1) is 16.1 Å². The maximum Gasteiger partial charge on any atom is 0.414 e. The van der Waals surface area contributed by atoms with Crippen molar-refractivity contribution in [2.75, 3.05) is 18.0 Å². The summed E-state index contributed by atoms with van der Waals surface area (Å²) in [5, 5.41) is 24.0. The van der Waals surface area contributed by atoms with Crippen LogP contribution in [0.25, 0.3) is 0 Å². The summed E-state index contributed by atoms with van der Waals surface area (Å²) in [4.78, 5) is 14.6. The lowest BCUT2D eigenvalue weighted by molar-refractivity contribution is 0.146. The van der Waals surface area contributed by atoms with Gasteiger partial charge < -0.3 is 20.3 Å². The summed E-state index contributed by atoms with van der Waals surface area (Å²) in [6, 6.07) is 17.2. The summed E-state index contributed by atoms with van der Waals surface area (Å²) >= 11 is 12.3. The number of phenols is 2. The van der Waals surface area contributed by atoms with E-state index in [2.05, 4.69) is 5.32 Å². The van der Waals surface area contributed by atoms with E-state index in [0.717, 1.165) is 16.7 Å². The molecular formula is C24H22Cl2N2O4. The van der Waals surface area contributed by atoms with Crippen molar-refractivity contribution in [3.8, 4) is 11.5 Å². The number of carbonyl (C=O) groups excluding carboxylic acids is 1. The third-order valence-electron chi connectivity index (χ3n) is 5.40. The van der Waals surface area contributed by atoms with Crippen LogP contribution in [0.5, 0.6) is 11.5 Å². The molecule has 1 aliphatic rings. The van der Waals surface area contributed by atoms with Crippen molar-refractivity contribution < 1.29 is 19.7 Å². The highest BCUT2D eigenvalue weighted by Crippen LogP contribution is 2.35. The summed E-state index contributed by atoms with van der Waals surface area (Å²) in [7, 11) is 0. The summed E-state index contributed by atoms with van der Waals surface area (Å²) in [6.07, 6.45) is 0.161. The molecule has 0 radical (unpaired) electrons. The van der Waals surface area contributed by atoms with E-state index in [1.165, 1.54) is 11.0 Å². The Balaban J connectivity index is 1.62. The van der Waals surface area contributed by atoms with E-state index < -0.39 is 6.09 Å². The molecule has 1 amide bonds. The standard InChI is InChI=1S/C24H22Cl2N2O4/c25-19-7-6-17(11-20(19)26)28(24(31)32-14-15-4-2-1-3-5-15)13-21-18-12-23(30)22(29)10-16(18)8-9-27-21/h1-7,10-12,21,27,29-30H,8-9,13-14H2. The Morgan fingerprint density at radius 1 is 1.03 bits per heavy atom. The van der Waals surface area contributed by atoms with Gasteiger partial charge >= 0.3 is 6.09 Å². The van der Waals surface area contributed by atoms with Crippen molar-refractivity contribution in [1.82, 2.24) is 5.32 Å². The van der Waals surface area contributed by atoms with E-state index in [1.54, 1.807) is 24.3 Å². The van der Waals surface area contributed by atoms with Crippen LogP contribution in [0.15, 0.2) is 60.7 Å². The van der Waals surface area contributed by atoms with Crippen LogP contribution in [0.4, 0.5) is 10.5 Å². The van der Waals surface area contributed by atoms with Gasteiger partial charge in [0, 0.05) is 12.2 Å². The molecule has 0 fully saturated rings. The van der Waals surface area contributed by atoms with Gasteiger partial charge in [0.25, 0.3) is 0 Å². The first-order valence-corrected chi connectivity index (χ1v) is 10.9. The molecule has 32 heavy (non-hydrogen) atoms. The minimum Gasteiger partial charge on any atom is -0.504 e. The predicted octanol–water partition coefficient (Wildman–Crippen LogP) is 5.43. The van der Waals surface area contributed by atoms with E-state index in [9.17, 15) is 15.0 Å². The van der Waals surface area contributed by atoms with E-state index in [4.69, 9.17) is 27.9 Å².